The minimum atomic E-state index is -4.39. The largest absolute Gasteiger partial charge is 0.489 e. The molecule has 1 N–H and O–H groups in total. The fourth-order valence-electron chi connectivity index (χ4n) is 3.71. The number of thiophene rings is 1. The molecule has 2 aromatic heterocycles. The number of halogens is 3. The highest BCUT2D eigenvalue weighted by molar-refractivity contribution is 7.19. The molecule has 5 rings (SSSR count). The van der Waals surface area contributed by atoms with Crippen LogP contribution in [0.3, 0.4) is 0 Å². The molecule has 3 aromatic carbocycles. The summed E-state index contributed by atoms with van der Waals surface area (Å²) in [6, 6.07) is 18.0. The second-order valence-electron chi connectivity index (χ2n) is 7.74. The SMILES string of the molecule is O=C(O)Cc1cc2ccc(OCc3cccc4cn(-c5ccc(C(F)(F)F)cc5)nc34)cc2s1. The van der Waals surface area contributed by atoms with Crippen LogP contribution in [0.4, 0.5) is 13.2 Å². The molecule has 5 aromatic rings. The van der Waals surface area contributed by atoms with Crippen LogP contribution in [0, 0.1) is 0 Å². The van der Waals surface area contributed by atoms with E-state index in [-0.39, 0.29) is 13.0 Å². The number of ether oxygens (including phenoxy) is 1. The molecular weight excluding hydrogens is 465 g/mol. The van der Waals surface area contributed by atoms with E-state index in [9.17, 15) is 18.0 Å². The second-order valence-corrected chi connectivity index (χ2v) is 8.91. The maximum absolute atomic E-state index is 12.8. The Hall–Kier alpha value is -3.85. The molecule has 0 amide bonds. The predicted molar refractivity (Wildman–Crippen MR) is 124 cm³/mol. The first-order valence-electron chi connectivity index (χ1n) is 10.3. The van der Waals surface area contributed by atoms with Gasteiger partial charge >= 0.3 is 12.1 Å². The third kappa shape index (κ3) is 4.47. The number of carbonyl (C=O) groups is 1. The van der Waals surface area contributed by atoms with E-state index in [4.69, 9.17) is 9.84 Å². The number of rotatable bonds is 6. The number of fused-ring (bicyclic) bond motifs is 2. The van der Waals surface area contributed by atoms with Gasteiger partial charge in [0.05, 0.1) is 23.2 Å². The van der Waals surface area contributed by atoms with Gasteiger partial charge in [0.25, 0.3) is 0 Å². The van der Waals surface area contributed by atoms with Crippen molar-refractivity contribution in [3.8, 4) is 11.4 Å². The number of alkyl halides is 3. The Labute approximate surface area is 195 Å². The van der Waals surface area contributed by atoms with Gasteiger partial charge < -0.3 is 9.84 Å². The standard InChI is InChI=1S/C25H17F3N2O3S/c26-25(27,28)18-5-7-19(8-6-18)30-13-16-2-1-3-17(24(16)29-30)14-33-20-9-4-15-10-21(12-23(31)32)34-22(15)11-20/h1-11,13H,12,14H2,(H,31,32). The first-order valence-corrected chi connectivity index (χ1v) is 11.1. The Balaban J connectivity index is 1.37. The molecule has 0 bridgehead atoms. The van der Waals surface area contributed by atoms with E-state index < -0.39 is 17.7 Å². The maximum atomic E-state index is 12.8. The van der Waals surface area contributed by atoms with Crippen molar-refractivity contribution in [1.82, 2.24) is 9.78 Å². The minimum Gasteiger partial charge on any atom is -0.489 e. The Morgan fingerprint density at radius 3 is 2.56 bits per heavy atom. The van der Waals surface area contributed by atoms with E-state index in [2.05, 4.69) is 5.10 Å². The second kappa shape index (κ2) is 8.49. The normalized spacial score (nSPS) is 11.9. The Morgan fingerprint density at radius 1 is 1.03 bits per heavy atom. The van der Waals surface area contributed by atoms with Crippen molar-refractivity contribution in [2.24, 2.45) is 0 Å². The lowest BCUT2D eigenvalue weighted by Crippen LogP contribution is -2.05. The lowest BCUT2D eigenvalue weighted by molar-refractivity contribution is -0.138. The van der Waals surface area contributed by atoms with Crippen LogP contribution >= 0.6 is 11.3 Å². The number of hydrogen-bond donors (Lipinski definition) is 1. The molecule has 0 spiro atoms. The molecule has 5 nitrogen and oxygen atoms in total. The molecule has 0 atom stereocenters. The number of nitrogens with zero attached hydrogens (tertiary/aromatic N) is 2. The van der Waals surface area contributed by atoms with Gasteiger partial charge in [0.2, 0.25) is 0 Å². The van der Waals surface area contributed by atoms with Crippen LogP contribution in [-0.2, 0) is 24.0 Å². The van der Waals surface area contributed by atoms with Crippen LogP contribution < -0.4 is 4.74 Å². The number of aliphatic carboxylic acids is 1. The van der Waals surface area contributed by atoms with Gasteiger partial charge in [-0.1, -0.05) is 18.2 Å². The molecule has 0 aliphatic heterocycles. The molecule has 0 radical (unpaired) electrons. The van der Waals surface area contributed by atoms with E-state index in [1.165, 1.54) is 23.5 Å². The summed E-state index contributed by atoms with van der Waals surface area (Å²) in [4.78, 5) is 11.7. The molecular formula is C25H17F3N2O3S. The molecule has 172 valence electrons. The van der Waals surface area contributed by atoms with Crippen LogP contribution in [0.5, 0.6) is 5.75 Å². The van der Waals surface area contributed by atoms with Gasteiger partial charge in [-0.2, -0.15) is 18.3 Å². The van der Waals surface area contributed by atoms with Crippen LogP contribution in [0.15, 0.2) is 72.9 Å². The third-order valence-corrected chi connectivity index (χ3v) is 6.44. The van der Waals surface area contributed by atoms with E-state index in [1.54, 1.807) is 10.9 Å². The van der Waals surface area contributed by atoms with E-state index in [0.29, 0.717) is 17.0 Å². The summed E-state index contributed by atoms with van der Waals surface area (Å²) < 4.78 is 47.0. The summed E-state index contributed by atoms with van der Waals surface area (Å²) in [7, 11) is 0. The van der Waals surface area contributed by atoms with Gasteiger partial charge in [-0.15, -0.1) is 11.3 Å². The maximum Gasteiger partial charge on any atom is 0.416 e. The van der Waals surface area contributed by atoms with E-state index in [1.807, 2.05) is 42.5 Å². The van der Waals surface area contributed by atoms with Crippen LogP contribution in [0.25, 0.3) is 26.7 Å². The highest BCUT2D eigenvalue weighted by atomic mass is 32.1. The van der Waals surface area contributed by atoms with Gasteiger partial charge in [0.15, 0.2) is 0 Å². The number of carboxylic acid groups (broad SMARTS) is 1. The number of aromatic nitrogens is 2. The summed E-state index contributed by atoms with van der Waals surface area (Å²) in [5.74, 6) is -0.220. The fourth-order valence-corrected chi connectivity index (χ4v) is 4.79. The topological polar surface area (TPSA) is 64.3 Å². The number of benzene rings is 3. The summed E-state index contributed by atoms with van der Waals surface area (Å²) in [6.45, 7) is 0.250. The molecule has 34 heavy (non-hydrogen) atoms. The van der Waals surface area contributed by atoms with E-state index >= 15 is 0 Å². The minimum absolute atomic E-state index is 0.0148. The zero-order valence-corrected chi connectivity index (χ0v) is 18.4. The van der Waals surface area contributed by atoms with Crippen molar-refractivity contribution >= 4 is 38.3 Å². The molecule has 0 unspecified atom stereocenters. The number of hydrogen-bond acceptors (Lipinski definition) is 4. The number of carboxylic acids is 1. The Kier molecular flexibility index (Phi) is 5.49. The van der Waals surface area contributed by atoms with Gasteiger partial charge in [-0.25, -0.2) is 4.68 Å². The molecule has 0 saturated carbocycles. The lowest BCUT2D eigenvalue weighted by Gasteiger charge is -2.08. The van der Waals surface area contributed by atoms with Crippen LogP contribution in [-0.4, -0.2) is 20.9 Å². The third-order valence-electron chi connectivity index (χ3n) is 5.34. The average Bonchev–Trinajstić information content (AvgIpc) is 3.40. The van der Waals surface area contributed by atoms with E-state index in [0.717, 1.165) is 38.0 Å². The summed E-state index contributed by atoms with van der Waals surface area (Å²) >= 11 is 1.42. The first kappa shape index (κ1) is 22.0. The molecule has 2 heterocycles. The summed E-state index contributed by atoms with van der Waals surface area (Å²) in [5.41, 5.74) is 1.35. The predicted octanol–water partition coefficient (Wildman–Crippen LogP) is 6.47. The van der Waals surface area contributed by atoms with Crippen molar-refractivity contribution in [3.63, 3.8) is 0 Å². The quantitative estimate of drug-likeness (QED) is 0.302. The molecule has 0 saturated heterocycles. The highest BCUT2D eigenvalue weighted by Crippen LogP contribution is 2.31. The molecule has 0 fully saturated rings. The van der Waals surface area contributed by atoms with Crippen molar-refractivity contribution in [3.05, 3.63) is 88.9 Å². The highest BCUT2D eigenvalue weighted by Gasteiger charge is 2.30. The Morgan fingerprint density at radius 2 is 1.82 bits per heavy atom. The fraction of sp³-hybridized carbons (Fsp3) is 0.120. The van der Waals surface area contributed by atoms with Crippen LogP contribution in [0.1, 0.15) is 16.0 Å². The van der Waals surface area contributed by atoms with Crippen molar-refractivity contribution in [2.75, 3.05) is 0 Å². The Bertz CT molecular complexity index is 1500. The lowest BCUT2D eigenvalue weighted by atomic mass is 10.1. The van der Waals surface area contributed by atoms with Crippen molar-refractivity contribution < 1.29 is 27.8 Å². The average molecular weight is 482 g/mol. The summed E-state index contributed by atoms with van der Waals surface area (Å²) in [5, 5.41) is 15.4. The van der Waals surface area contributed by atoms with Gasteiger partial charge in [0.1, 0.15) is 12.4 Å². The van der Waals surface area contributed by atoms with Gasteiger partial charge in [0, 0.05) is 26.7 Å². The van der Waals surface area contributed by atoms with Gasteiger partial charge in [-0.3, -0.25) is 4.79 Å². The zero-order valence-electron chi connectivity index (χ0n) is 17.5. The van der Waals surface area contributed by atoms with Gasteiger partial charge in [-0.05, 0) is 53.9 Å². The van der Waals surface area contributed by atoms with Crippen molar-refractivity contribution in [2.45, 2.75) is 19.2 Å². The first-order chi connectivity index (χ1) is 16.3. The van der Waals surface area contributed by atoms with Crippen molar-refractivity contribution in [1.29, 1.82) is 0 Å². The molecule has 0 aliphatic carbocycles. The zero-order chi connectivity index (χ0) is 23.9. The molecule has 9 heteroatoms. The monoisotopic (exact) mass is 482 g/mol. The summed E-state index contributed by atoms with van der Waals surface area (Å²) in [6.07, 6.45) is -2.63. The van der Waals surface area contributed by atoms with Crippen LogP contribution in [0.2, 0.25) is 0 Å². The smallest absolute Gasteiger partial charge is 0.416 e. The molecule has 0 aliphatic rings.